The van der Waals surface area contributed by atoms with Crippen LogP contribution in [0.3, 0.4) is 0 Å². The summed E-state index contributed by atoms with van der Waals surface area (Å²) in [6.07, 6.45) is 0. The molecule has 1 heterocycles. The normalized spacial score (nSPS) is 12.3. The van der Waals surface area contributed by atoms with Crippen molar-refractivity contribution in [1.82, 2.24) is 15.5 Å². The van der Waals surface area contributed by atoms with Crippen LogP contribution in [0.15, 0.2) is 34.7 Å². The molecule has 1 unspecified atom stereocenters. The van der Waals surface area contributed by atoms with Gasteiger partial charge in [-0.2, -0.15) is 0 Å². The zero-order chi connectivity index (χ0) is 14.2. The molecule has 108 valence electrons. The quantitative estimate of drug-likeness (QED) is 0.718. The number of anilines is 1. The average molecular weight is 276 g/mol. The van der Waals surface area contributed by atoms with E-state index in [2.05, 4.69) is 39.9 Å². The Labute approximate surface area is 118 Å². The zero-order valence-corrected chi connectivity index (χ0v) is 11.8. The van der Waals surface area contributed by atoms with Gasteiger partial charge in [0.05, 0.1) is 19.2 Å². The fraction of sp³-hybridized carbons (Fsp3) is 0.429. The van der Waals surface area contributed by atoms with Crippen LogP contribution in [0.2, 0.25) is 0 Å². The van der Waals surface area contributed by atoms with Crippen molar-refractivity contribution in [3.05, 3.63) is 41.8 Å². The Morgan fingerprint density at radius 3 is 2.80 bits per heavy atom. The van der Waals surface area contributed by atoms with Crippen molar-refractivity contribution in [3.8, 4) is 0 Å². The molecule has 0 saturated heterocycles. The van der Waals surface area contributed by atoms with Crippen molar-refractivity contribution < 1.29 is 9.15 Å². The molecule has 6 heteroatoms. The van der Waals surface area contributed by atoms with Crippen molar-refractivity contribution >= 4 is 6.01 Å². The molecule has 0 aliphatic heterocycles. The van der Waals surface area contributed by atoms with E-state index in [4.69, 9.17) is 9.15 Å². The van der Waals surface area contributed by atoms with Gasteiger partial charge in [-0.1, -0.05) is 35.4 Å². The number of benzene rings is 1. The summed E-state index contributed by atoms with van der Waals surface area (Å²) in [6.45, 7) is 4.00. The fourth-order valence-corrected chi connectivity index (χ4v) is 1.76. The molecule has 1 aromatic carbocycles. The van der Waals surface area contributed by atoms with Crippen LogP contribution in [0.4, 0.5) is 6.01 Å². The molecule has 0 radical (unpaired) electrons. The van der Waals surface area contributed by atoms with E-state index in [1.54, 1.807) is 7.11 Å². The molecule has 0 amide bonds. The molecular weight excluding hydrogens is 256 g/mol. The Bertz CT molecular complexity index is 501. The molecule has 0 fully saturated rings. The average Bonchev–Trinajstić information content (AvgIpc) is 2.92. The Morgan fingerprint density at radius 2 is 2.05 bits per heavy atom. The number of hydrogen-bond acceptors (Lipinski definition) is 6. The standard InChI is InChI=1S/C14H20N4O2/c1-11(12-6-4-3-5-7-12)16-14-18-17-13(20-14)10-15-8-9-19-2/h3-7,11,15H,8-10H2,1-2H3,(H,16,18). The summed E-state index contributed by atoms with van der Waals surface area (Å²) in [6, 6.07) is 10.7. The summed E-state index contributed by atoms with van der Waals surface area (Å²) in [4.78, 5) is 0. The lowest BCUT2D eigenvalue weighted by molar-refractivity contribution is 0.198. The van der Waals surface area contributed by atoms with Gasteiger partial charge in [0, 0.05) is 13.7 Å². The third-order valence-electron chi connectivity index (χ3n) is 2.87. The molecule has 20 heavy (non-hydrogen) atoms. The molecule has 0 aliphatic carbocycles. The molecule has 0 saturated carbocycles. The Kier molecular flexibility index (Phi) is 5.52. The van der Waals surface area contributed by atoms with E-state index in [9.17, 15) is 0 Å². The lowest BCUT2D eigenvalue weighted by atomic mass is 10.1. The molecule has 0 aliphatic rings. The largest absolute Gasteiger partial charge is 0.407 e. The molecular formula is C14H20N4O2. The highest BCUT2D eigenvalue weighted by Crippen LogP contribution is 2.17. The van der Waals surface area contributed by atoms with Gasteiger partial charge in [0.1, 0.15) is 0 Å². The fourth-order valence-electron chi connectivity index (χ4n) is 1.76. The third-order valence-corrected chi connectivity index (χ3v) is 2.87. The maximum absolute atomic E-state index is 5.52. The summed E-state index contributed by atoms with van der Waals surface area (Å²) in [5, 5.41) is 14.3. The Morgan fingerprint density at radius 1 is 1.25 bits per heavy atom. The van der Waals surface area contributed by atoms with E-state index in [0.717, 1.165) is 6.54 Å². The number of ether oxygens (including phenoxy) is 1. The van der Waals surface area contributed by atoms with Crippen molar-refractivity contribution in [2.75, 3.05) is 25.6 Å². The highest BCUT2D eigenvalue weighted by atomic mass is 16.5. The van der Waals surface area contributed by atoms with Gasteiger partial charge in [-0.3, -0.25) is 0 Å². The lowest BCUT2D eigenvalue weighted by Gasteiger charge is -2.11. The molecule has 0 spiro atoms. The number of aromatic nitrogens is 2. The first-order valence-electron chi connectivity index (χ1n) is 6.63. The SMILES string of the molecule is COCCNCc1nnc(NC(C)c2ccccc2)o1. The summed E-state index contributed by atoms with van der Waals surface area (Å²) in [7, 11) is 1.67. The topological polar surface area (TPSA) is 72.2 Å². The maximum atomic E-state index is 5.52. The van der Waals surface area contributed by atoms with E-state index in [1.165, 1.54) is 5.56 Å². The van der Waals surface area contributed by atoms with Crippen molar-refractivity contribution in [1.29, 1.82) is 0 Å². The minimum Gasteiger partial charge on any atom is -0.407 e. The molecule has 1 atom stereocenters. The van der Waals surface area contributed by atoms with Crippen molar-refractivity contribution in [2.24, 2.45) is 0 Å². The summed E-state index contributed by atoms with van der Waals surface area (Å²) < 4.78 is 10.5. The Hall–Kier alpha value is -1.92. The third kappa shape index (κ3) is 4.32. The van der Waals surface area contributed by atoms with E-state index in [1.807, 2.05) is 18.2 Å². The smallest absolute Gasteiger partial charge is 0.315 e. The minimum absolute atomic E-state index is 0.117. The highest BCUT2D eigenvalue weighted by molar-refractivity contribution is 5.28. The van der Waals surface area contributed by atoms with E-state index < -0.39 is 0 Å². The molecule has 6 nitrogen and oxygen atoms in total. The number of rotatable bonds is 8. The monoisotopic (exact) mass is 276 g/mol. The van der Waals surface area contributed by atoms with Gasteiger partial charge in [-0.15, -0.1) is 5.10 Å². The summed E-state index contributed by atoms with van der Waals surface area (Å²) in [5.41, 5.74) is 1.17. The number of methoxy groups -OCH3 is 1. The van der Waals surface area contributed by atoms with Gasteiger partial charge < -0.3 is 19.8 Å². The predicted octanol–water partition coefficient (Wildman–Crippen LogP) is 1.98. The van der Waals surface area contributed by atoms with Gasteiger partial charge in [0.15, 0.2) is 0 Å². The molecule has 2 aromatic rings. The highest BCUT2D eigenvalue weighted by Gasteiger charge is 2.10. The zero-order valence-electron chi connectivity index (χ0n) is 11.8. The first-order chi connectivity index (χ1) is 9.79. The number of hydrogen-bond donors (Lipinski definition) is 2. The minimum atomic E-state index is 0.117. The van der Waals surface area contributed by atoms with Crippen LogP contribution < -0.4 is 10.6 Å². The van der Waals surface area contributed by atoms with Crippen LogP contribution in [0.5, 0.6) is 0 Å². The first-order valence-corrected chi connectivity index (χ1v) is 6.63. The number of nitrogens with zero attached hydrogens (tertiary/aromatic N) is 2. The first kappa shape index (κ1) is 14.5. The molecule has 2 rings (SSSR count). The molecule has 0 bridgehead atoms. The van der Waals surface area contributed by atoms with Crippen LogP contribution in [0.25, 0.3) is 0 Å². The molecule has 1 aromatic heterocycles. The van der Waals surface area contributed by atoms with Crippen molar-refractivity contribution in [3.63, 3.8) is 0 Å². The maximum Gasteiger partial charge on any atom is 0.315 e. The van der Waals surface area contributed by atoms with Crippen molar-refractivity contribution in [2.45, 2.75) is 19.5 Å². The molecule has 2 N–H and O–H groups in total. The second-order valence-electron chi connectivity index (χ2n) is 4.45. The Balaban J connectivity index is 1.83. The van der Waals surface area contributed by atoms with Gasteiger partial charge in [-0.05, 0) is 12.5 Å². The summed E-state index contributed by atoms with van der Waals surface area (Å²) in [5.74, 6) is 0.559. The van der Waals surface area contributed by atoms with Gasteiger partial charge >= 0.3 is 6.01 Å². The van der Waals surface area contributed by atoms with Gasteiger partial charge in [0.2, 0.25) is 5.89 Å². The lowest BCUT2D eigenvalue weighted by Crippen LogP contribution is -2.18. The van der Waals surface area contributed by atoms with E-state index in [-0.39, 0.29) is 6.04 Å². The predicted molar refractivity (Wildman–Crippen MR) is 76.4 cm³/mol. The van der Waals surface area contributed by atoms with Crippen LogP contribution in [0, 0.1) is 0 Å². The van der Waals surface area contributed by atoms with Gasteiger partial charge in [-0.25, -0.2) is 0 Å². The summed E-state index contributed by atoms with van der Waals surface area (Å²) >= 11 is 0. The number of nitrogens with one attached hydrogen (secondary N) is 2. The van der Waals surface area contributed by atoms with E-state index >= 15 is 0 Å². The van der Waals surface area contributed by atoms with Gasteiger partial charge in [0.25, 0.3) is 0 Å². The van der Waals surface area contributed by atoms with Crippen LogP contribution in [-0.4, -0.2) is 30.5 Å². The van der Waals surface area contributed by atoms with E-state index in [0.29, 0.717) is 25.1 Å². The second-order valence-corrected chi connectivity index (χ2v) is 4.45. The van der Waals surface area contributed by atoms with Crippen LogP contribution in [0.1, 0.15) is 24.4 Å². The second kappa shape index (κ2) is 7.62. The van der Waals surface area contributed by atoms with Crippen LogP contribution >= 0.6 is 0 Å². The van der Waals surface area contributed by atoms with Crippen LogP contribution in [-0.2, 0) is 11.3 Å².